The van der Waals surface area contributed by atoms with Gasteiger partial charge in [-0.2, -0.15) is 13.2 Å². The maximum Gasteiger partial charge on any atom is 0.416 e. The largest absolute Gasteiger partial charge is 0.416 e. The van der Waals surface area contributed by atoms with Crippen LogP contribution in [-0.2, 0) is 28.9 Å². The summed E-state index contributed by atoms with van der Waals surface area (Å²) in [5.41, 5.74) is 1.22. The van der Waals surface area contributed by atoms with Crippen LogP contribution in [0.25, 0.3) is 0 Å². The third-order valence-corrected chi connectivity index (χ3v) is 6.65. The molecule has 0 heterocycles. The molecule has 39 heavy (non-hydrogen) atoms. The minimum atomic E-state index is -4.41. The van der Waals surface area contributed by atoms with Gasteiger partial charge in [0.15, 0.2) is 0 Å². The average molecular weight is 549 g/mol. The van der Waals surface area contributed by atoms with Crippen LogP contribution in [0, 0.1) is 0 Å². The molecule has 0 spiro atoms. The van der Waals surface area contributed by atoms with Crippen LogP contribution < -0.4 is 0 Å². The minimum absolute atomic E-state index is 0.0425. The van der Waals surface area contributed by atoms with Crippen LogP contribution in [0.3, 0.4) is 0 Å². The van der Waals surface area contributed by atoms with Gasteiger partial charge in [-0.3, -0.25) is 9.59 Å². The third kappa shape index (κ3) is 12.7. The van der Waals surface area contributed by atoms with Crippen LogP contribution in [0.5, 0.6) is 0 Å². The van der Waals surface area contributed by atoms with Crippen LogP contribution in [0.1, 0.15) is 105 Å². The fourth-order valence-electron chi connectivity index (χ4n) is 4.42. The van der Waals surface area contributed by atoms with E-state index in [1.807, 2.05) is 7.05 Å². The highest BCUT2D eigenvalue weighted by atomic mass is 19.4. The number of halogens is 3. The molecule has 0 saturated heterocycles. The van der Waals surface area contributed by atoms with E-state index in [4.69, 9.17) is 4.84 Å². The van der Waals surface area contributed by atoms with Crippen molar-refractivity contribution >= 4 is 11.9 Å². The van der Waals surface area contributed by atoms with Crippen molar-refractivity contribution in [2.45, 2.75) is 97.3 Å². The predicted molar refractivity (Wildman–Crippen MR) is 148 cm³/mol. The average Bonchev–Trinajstić information content (AvgIpc) is 2.89. The van der Waals surface area contributed by atoms with Gasteiger partial charge in [0.25, 0.3) is 5.91 Å². The highest BCUT2D eigenvalue weighted by Crippen LogP contribution is 2.29. The van der Waals surface area contributed by atoms with Crippen LogP contribution >= 0.6 is 0 Å². The molecular formula is C31H43F3N2O3. The molecular weight excluding hydrogens is 505 g/mol. The van der Waals surface area contributed by atoms with Crippen molar-refractivity contribution in [2.24, 2.45) is 0 Å². The standard InChI is InChI=1S/C31H43F3N2O3/c1-4-5-6-7-8-9-10-11-12-13-22-35(3)30(38)28-18-14-26(15-19-28)23-36(39-25(2)37)24-27-16-20-29(21-17-27)31(32,33)34/h14-21H,4-13,22-24H2,1-3H3. The van der Waals surface area contributed by atoms with Crippen LogP contribution in [0.4, 0.5) is 13.2 Å². The molecule has 0 radical (unpaired) electrons. The SMILES string of the molecule is CCCCCCCCCCCCN(C)C(=O)c1ccc(CN(Cc2ccc(C(F)(F)F)cc2)OC(C)=O)cc1. The second-order valence-corrected chi connectivity index (χ2v) is 10.2. The summed E-state index contributed by atoms with van der Waals surface area (Å²) in [7, 11) is 1.82. The summed E-state index contributed by atoms with van der Waals surface area (Å²) < 4.78 is 38.5. The molecule has 0 saturated carbocycles. The first-order valence-corrected chi connectivity index (χ1v) is 14.0. The number of carbonyl (C=O) groups excluding carboxylic acids is 2. The molecule has 0 atom stereocenters. The number of hydrogen-bond donors (Lipinski definition) is 0. The van der Waals surface area contributed by atoms with Gasteiger partial charge in [0, 0.05) is 26.1 Å². The lowest BCUT2D eigenvalue weighted by atomic mass is 10.1. The molecule has 0 aliphatic heterocycles. The molecule has 0 aliphatic rings. The number of carbonyl (C=O) groups is 2. The van der Waals surface area contributed by atoms with Gasteiger partial charge in [-0.05, 0) is 41.8 Å². The van der Waals surface area contributed by atoms with Gasteiger partial charge in [0.1, 0.15) is 0 Å². The fraction of sp³-hybridized carbons (Fsp3) is 0.548. The molecule has 2 aromatic rings. The summed E-state index contributed by atoms with van der Waals surface area (Å²) in [6.07, 6.45) is 8.07. The number of alkyl halides is 3. The van der Waals surface area contributed by atoms with E-state index in [0.717, 1.165) is 30.5 Å². The van der Waals surface area contributed by atoms with Gasteiger partial charge < -0.3 is 9.74 Å². The van der Waals surface area contributed by atoms with E-state index in [1.165, 1.54) is 75.5 Å². The Balaban J connectivity index is 1.80. The first-order valence-electron chi connectivity index (χ1n) is 14.0. The molecule has 0 unspecified atom stereocenters. The Morgan fingerprint density at radius 3 is 1.67 bits per heavy atom. The van der Waals surface area contributed by atoms with Gasteiger partial charge in [-0.1, -0.05) is 89.0 Å². The highest BCUT2D eigenvalue weighted by molar-refractivity contribution is 5.94. The molecule has 0 fully saturated rings. The number of unbranched alkanes of at least 4 members (excludes halogenated alkanes) is 9. The Morgan fingerprint density at radius 2 is 1.21 bits per heavy atom. The van der Waals surface area contributed by atoms with E-state index in [0.29, 0.717) is 17.7 Å². The normalized spacial score (nSPS) is 11.6. The van der Waals surface area contributed by atoms with Crippen LogP contribution in [0.2, 0.25) is 0 Å². The Morgan fingerprint density at radius 1 is 0.744 bits per heavy atom. The van der Waals surface area contributed by atoms with Gasteiger partial charge in [-0.15, -0.1) is 5.06 Å². The van der Waals surface area contributed by atoms with Crippen LogP contribution in [-0.4, -0.2) is 35.4 Å². The van der Waals surface area contributed by atoms with E-state index in [-0.39, 0.29) is 19.0 Å². The number of benzene rings is 2. The van der Waals surface area contributed by atoms with Crippen molar-refractivity contribution in [3.63, 3.8) is 0 Å². The Bertz CT molecular complexity index is 992. The topological polar surface area (TPSA) is 49.9 Å². The molecule has 2 aromatic carbocycles. The van der Waals surface area contributed by atoms with Crippen LogP contribution in [0.15, 0.2) is 48.5 Å². The zero-order valence-electron chi connectivity index (χ0n) is 23.6. The maximum absolute atomic E-state index is 12.8. The number of hydrogen-bond acceptors (Lipinski definition) is 4. The first kappa shape index (κ1) is 32.3. The first-order chi connectivity index (χ1) is 18.6. The lowest BCUT2D eigenvalue weighted by molar-refractivity contribution is -0.194. The highest BCUT2D eigenvalue weighted by Gasteiger charge is 2.30. The second-order valence-electron chi connectivity index (χ2n) is 10.2. The molecule has 5 nitrogen and oxygen atoms in total. The van der Waals surface area contributed by atoms with Gasteiger partial charge in [0.2, 0.25) is 0 Å². The summed E-state index contributed by atoms with van der Waals surface area (Å²) in [4.78, 5) is 31.4. The number of nitrogens with zero attached hydrogens (tertiary/aromatic N) is 2. The van der Waals surface area contributed by atoms with E-state index in [9.17, 15) is 22.8 Å². The molecule has 0 aliphatic carbocycles. The quantitative estimate of drug-likeness (QED) is 0.148. The summed E-state index contributed by atoms with van der Waals surface area (Å²) >= 11 is 0. The summed E-state index contributed by atoms with van der Waals surface area (Å²) in [6.45, 7) is 4.57. The molecule has 0 N–H and O–H groups in total. The second kappa shape index (κ2) is 17.0. The molecule has 0 aromatic heterocycles. The van der Waals surface area contributed by atoms with E-state index in [1.54, 1.807) is 29.2 Å². The van der Waals surface area contributed by atoms with Crippen molar-refractivity contribution in [1.29, 1.82) is 0 Å². The monoisotopic (exact) mass is 548 g/mol. The Kier molecular flexibility index (Phi) is 14.1. The molecule has 0 bridgehead atoms. The molecule has 8 heteroatoms. The van der Waals surface area contributed by atoms with E-state index in [2.05, 4.69) is 6.92 Å². The molecule has 1 amide bonds. The molecule has 2 rings (SSSR count). The summed E-state index contributed by atoms with van der Waals surface area (Å²) in [5, 5.41) is 1.39. The van der Waals surface area contributed by atoms with Gasteiger partial charge >= 0.3 is 12.1 Å². The number of amides is 1. The van der Waals surface area contributed by atoms with Crippen molar-refractivity contribution < 1.29 is 27.6 Å². The maximum atomic E-state index is 12.8. The van der Waals surface area contributed by atoms with Gasteiger partial charge in [0.05, 0.1) is 18.7 Å². The van der Waals surface area contributed by atoms with Crippen molar-refractivity contribution in [3.8, 4) is 0 Å². The lowest BCUT2D eigenvalue weighted by Crippen LogP contribution is -2.28. The van der Waals surface area contributed by atoms with E-state index >= 15 is 0 Å². The molecule has 216 valence electrons. The minimum Gasteiger partial charge on any atom is -0.368 e. The summed E-state index contributed by atoms with van der Waals surface area (Å²) in [6, 6.07) is 11.8. The van der Waals surface area contributed by atoms with Gasteiger partial charge in [-0.25, -0.2) is 0 Å². The Labute approximate surface area is 231 Å². The third-order valence-electron chi connectivity index (χ3n) is 6.65. The van der Waals surface area contributed by atoms with Crippen molar-refractivity contribution in [1.82, 2.24) is 9.96 Å². The zero-order valence-corrected chi connectivity index (χ0v) is 23.6. The van der Waals surface area contributed by atoms with Crippen molar-refractivity contribution in [2.75, 3.05) is 13.6 Å². The lowest BCUT2D eigenvalue weighted by Gasteiger charge is -2.21. The van der Waals surface area contributed by atoms with Crippen molar-refractivity contribution in [3.05, 3.63) is 70.8 Å². The number of rotatable bonds is 17. The van der Waals surface area contributed by atoms with E-state index < -0.39 is 17.7 Å². The Hall–Kier alpha value is -2.87. The number of hydroxylamine groups is 2. The smallest absolute Gasteiger partial charge is 0.368 e. The predicted octanol–water partition coefficient (Wildman–Crippen LogP) is 8.18. The zero-order chi connectivity index (χ0) is 28.7. The fourth-order valence-corrected chi connectivity index (χ4v) is 4.42. The summed E-state index contributed by atoms with van der Waals surface area (Å²) in [5.74, 6) is -0.568.